The van der Waals surface area contributed by atoms with Crippen molar-refractivity contribution in [3.63, 3.8) is 0 Å². The predicted octanol–water partition coefficient (Wildman–Crippen LogP) is 3.57. The lowest BCUT2D eigenvalue weighted by molar-refractivity contribution is -0.144. The zero-order valence-corrected chi connectivity index (χ0v) is 14.0. The van der Waals surface area contributed by atoms with E-state index in [1.165, 1.54) is 6.20 Å². The van der Waals surface area contributed by atoms with E-state index in [1.54, 1.807) is 13.0 Å². The molecule has 2 aromatic heterocycles. The number of nitrogens with zero attached hydrogens (tertiary/aromatic N) is 3. The van der Waals surface area contributed by atoms with E-state index in [0.29, 0.717) is 21.3 Å². The molecule has 0 saturated heterocycles. The first-order valence-electron chi connectivity index (χ1n) is 6.76. The minimum absolute atomic E-state index is 0.163. The van der Waals surface area contributed by atoms with Gasteiger partial charge in [0.25, 0.3) is 0 Å². The lowest BCUT2D eigenvalue weighted by Crippen LogP contribution is -2.23. The Bertz CT molecular complexity index is 723. The third-order valence-electron chi connectivity index (χ3n) is 2.83. The van der Waals surface area contributed by atoms with Crippen molar-refractivity contribution in [1.82, 2.24) is 20.3 Å². The summed E-state index contributed by atoms with van der Waals surface area (Å²) in [5.74, 6) is -1.22. The van der Waals surface area contributed by atoms with Crippen molar-refractivity contribution in [3.05, 3.63) is 40.5 Å². The molecule has 0 bridgehead atoms. The van der Waals surface area contributed by atoms with Gasteiger partial charge in [-0.1, -0.05) is 0 Å². The highest BCUT2D eigenvalue weighted by Crippen LogP contribution is 2.27. The number of alkyl carbamates (subject to hydrolysis) is 1. The van der Waals surface area contributed by atoms with Crippen molar-refractivity contribution >= 4 is 22.0 Å². The molecule has 0 radical (unpaired) electrons. The number of hydrogen-bond donors (Lipinski definition) is 1. The highest BCUT2D eigenvalue weighted by molar-refractivity contribution is 9.10. The molecule has 128 valence electrons. The summed E-state index contributed by atoms with van der Waals surface area (Å²) in [5, 5.41) is 2.55. The highest BCUT2D eigenvalue weighted by Gasteiger charge is 2.34. The van der Waals surface area contributed by atoms with Crippen LogP contribution in [0.15, 0.2) is 29.1 Å². The van der Waals surface area contributed by atoms with Crippen LogP contribution in [0.5, 0.6) is 0 Å². The first kappa shape index (κ1) is 18.1. The molecule has 0 aliphatic carbocycles. The third kappa shape index (κ3) is 4.63. The number of aromatic nitrogens is 3. The molecule has 2 heterocycles. The standard InChI is InChI=1S/C14H12BrF3N4O2/c1-2-24-13(23)22-4-8-3-11(19-7-10(8)15)9-5-20-12(21-6-9)14(16,17)18/h3,5-7H,2,4H2,1H3,(H,22,23). The van der Waals surface area contributed by atoms with Crippen molar-refractivity contribution in [2.24, 2.45) is 0 Å². The van der Waals surface area contributed by atoms with E-state index in [9.17, 15) is 18.0 Å². The second-order valence-corrected chi connectivity index (χ2v) is 5.38. The van der Waals surface area contributed by atoms with Crippen LogP contribution in [0.1, 0.15) is 18.3 Å². The molecular formula is C14H12BrF3N4O2. The number of alkyl halides is 3. The highest BCUT2D eigenvalue weighted by atomic mass is 79.9. The Morgan fingerprint density at radius 1 is 1.25 bits per heavy atom. The number of nitrogens with one attached hydrogen (secondary N) is 1. The van der Waals surface area contributed by atoms with E-state index in [-0.39, 0.29) is 13.2 Å². The molecule has 6 nitrogen and oxygen atoms in total. The van der Waals surface area contributed by atoms with Gasteiger partial charge in [0.15, 0.2) is 0 Å². The van der Waals surface area contributed by atoms with Crippen molar-refractivity contribution in [1.29, 1.82) is 0 Å². The summed E-state index contributed by atoms with van der Waals surface area (Å²) < 4.78 is 42.8. The number of carbonyl (C=O) groups excluding carboxylic acids is 1. The Kier molecular flexibility index (Phi) is 5.71. The van der Waals surface area contributed by atoms with Gasteiger partial charge in [0.2, 0.25) is 5.82 Å². The van der Waals surface area contributed by atoms with Crippen LogP contribution in [0.2, 0.25) is 0 Å². The maximum absolute atomic E-state index is 12.5. The SMILES string of the molecule is CCOC(=O)NCc1cc(-c2cnc(C(F)(F)F)nc2)ncc1Br. The molecule has 1 N–H and O–H groups in total. The smallest absolute Gasteiger partial charge is 0.450 e. The monoisotopic (exact) mass is 404 g/mol. The van der Waals surface area contributed by atoms with E-state index in [0.717, 1.165) is 12.4 Å². The second kappa shape index (κ2) is 7.56. The van der Waals surface area contributed by atoms with Gasteiger partial charge in [0.05, 0.1) is 12.3 Å². The molecule has 10 heteroatoms. The number of rotatable bonds is 4. The van der Waals surface area contributed by atoms with Crippen LogP contribution in [-0.2, 0) is 17.5 Å². The Morgan fingerprint density at radius 3 is 2.50 bits per heavy atom. The van der Waals surface area contributed by atoms with Crippen molar-refractivity contribution < 1.29 is 22.7 Å². The van der Waals surface area contributed by atoms with Crippen molar-refractivity contribution in [2.45, 2.75) is 19.6 Å². The fourth-order valence-corrected chi connectivity index (χ4v) is 2.09. The average Bonchev–Trinajstić information content (AvgIpc) is 2.54. The van der Waals surface area contributed by atoms with Gasteiger partial charge in [-0.25, -0.2) is 14.8 Å². The Balaban J connectivity index is 2.19. The zero-order valence-electron chi connectivity index (χ0n) is 12.4. The summed E-state index contributed by atoms with van der Waals surface area (Å²) in [6.07, 6.45) is -1.58. The molecule has 24 heavy (non-hydrogen) atoms. The van der Waals surface area contributed by atoms with Gasteiger partial charge < -0.3 is 10.1 Å². The number of carbonyl (C=O) groups is 1. The van der Waals surface area contributed by atoms with Gasteiger partial charge in [-0.3, -0.25) is 4.98 Å². The summed E-state index contributed by atoms with van der Waals surface area (Å²) in [7, 11) is 0. The number of hydrogen-bond acceptors (Lipinski definition) is 5. The minimum Gasteiger partial charge on any atom is -0.450 e. The van der Waals surface area contributed by atoms with Crippen LogP contribution >= 0.6 is 15.9 Å². The first-order valence-corrected chi connectivity index (χ1v) is 7.55. The summed E-state index contributed by atoms with van der Waals surface area (Å²) in [4.78, 5) is 22.0. The number of halogens is 4. The number of amides is 1. The molecule has 0 aliphatic heterocycles. The van der Waals surface area contributed by atoms with Crippen LogP contribution < -0.4 is 5.32 Å². The molecule has 0 spiro atoms. The molecule has 0 aromatic carbocycles. The maximum Gasteiger partial charge on any atom is 0.451 e. The molecule has 2 rings (SSSR count). The van der Waals surface area contributed by atoms with Crippen LogP contribution in [0.4, 0.5) is 18.0 Å². The van der Waals surface area contributed by atoms with Crippen molar-refractivity contribution in [2.75, 3.05) is 6.61 Å². The summed E-state index contributed by atoms with van der Waals surface area (Å²) >= 11 is 3.30. The fraction of sp³-hybridized carbons (Fsp3) is 0.286. The molecule has 2 aromatic rings. The molecule has 1 amide bonds. The van der Waals surface area contributed by atoms with Crippen LogP contribution in [0.3, 0.4) is 0 Å². The predicted molar refractivity (Wildman–Crippen MR) is 81.8 cm³/mol. The van der Waals surface area contributed by atoms with Crippen LogP contribution in [0, 0.1) is 0 Å². The minimum atomic E-state index is -4.60. The van der Waals surface area contributed by atoms with E-state index in [4.69, 9.17) is 4.74 Å². The fourth-order valence-electron chi connectivity index (χ4n) is 1.73. The molecule has 0 unspecified atom stereocenters. The lowest BCUT2D eigenvalue weighted by Gasteiger charge is -2.09. The lowest BCUT2D eigenvalue weighted by atomic mass is 10.1. The van der Waals surface area contributed by atoms with Crippen LogP contribution in [0.25, 0.3) is 11.3 Å². The summed E-state index contributed by atoms with van der Waals surface area (Å²) in [6, 6.07) is 1.61. The quantitative estimate of drug-likeness (QED) is 0.842. The number of pyridine rings is 1. The van der Waals surface area contributed by atoms with Gasteiger partial charge in [0, 0.05) is 35.2 Å². The average molecular weight is 405 g/mol. The molecule has 0 fully saturated rings. The Hall–Kier alpha value is -2.23. The largest absolute Gasteiger partial charge is 0.451 e. The van der Waals surface area contributed by atoms with Gasteiger partial charge in [-0.05, 0) is 34.5 Å². The molecule has 0 saturated carbocycles. The van der Waals surface area contributed by atoms with E-state index in [2.05, 4.69) is 36.2 Å². The van der Waals surface area contributed by atoms with Gasteiger partial charge in [-0.2, -0.15) is 13.2 Å². The summed E-state index contributed by atoms with van der Waals surface area (Å²) in [5.41, 5.74) is 1.38. The third-order valence-corrected chi connectivity index (χ3v) is 3.55. The molecular weight excluding hydrogens is 393 g/mol. The second-order valence-electron chi connectivity index (χ2n) is 4.53. The van der Waals surface area contributed by atoms with Gasteiger partial charge in [0.1, 0.15) is 0 Å². The maximum atomic E-state index is 12.5. The molecule has 0 aliphatic rings. The molecule has 0 atom stereocenters. The van der Waals surface area contributed by atoms with E-state index >= 15 is 0 Å². The number of ether oxygens (including phenoxy) is 1. The normalized spacial score (nSPS) is 11.2. The summed E-state index contributed by atoms with van der Waals surface area (Å²) in [6.45, 7) is 2.10. The van der Waals surface area contributed by atoms with Gasteiger partial charge >= 0.3 is 12.3 Å². The first-order chi connectivity index (χ1) is 11.3. The van der Waals surface area contributed by atoms with Gasteiger partial charge in [-0.15, -0.1) is 0 Å². The van der Waals surface area contributed by atoms with Crippen LogP contribution in [-0.4, -0.2) is 27.7 Å². The zero-order chi connectivity index (χ0) is 17.7. The van der Waals surface area contributed by atoms with E-state index in [1.807, 2.05) is 0 Å². The topological polar surface area (TPSA) is 77.0 Å². The Morgan fingerprint density at radius 2 is 1.92 bits per heavy atom. The van der Waals surface area contributed by atoms with Crippen molar-refractivity contribution in [3.8, 4) is 11.3 Å². The van der Waals surface area contributed by atoms with E-state index < -0.39 is 18.1 Å². The Labute approximate surface area is 143 Å².